The number of halogens is 1. The molecule has 0 bridgehead atoms. The Morgan fingerprint density at radius 1 is 1.17 bits per heavy atom. The van der Waals surface area contributed by atoms with Crippen molar-refractivity contribution in [2.75, 3.05) is 11.9 Å². The van der Waals surface area contributed by atoms with Crippen LogP contribution in [0.4, 0.5) is 5.82 Å². The average molecular weight is 329 g/mol. The van der Waals surface area contributed by atoms with Gasteiger partial charge in [-0.1, -0.05) is 43.5 Å². The van der Waals surface area contributed by atoms with Crippen LogP contribution in [0.3, 0.4) is 0 Å². The van der Waals surface area contributed by atoms with Gasteiger partial charge in [0.15, 0.2) is 5.82 Å². The summed E-state index contributed by atoms with van der Waals surface area (Å²) in [5, 5.41) is 5.18. The lowest BCUT2D eigenvalue weighted by atomic mass is 10.2. The van der Waals surface area contributed by atoms with E-state index in [1.807, 2.05) is 31.2 Å². The van der Waals surface area contributed by atoms with Gasteiger partial charge in [-0.15, -0.1) is 0 Å². The zero-order valence-electron chi connectivity index (χ0n) is 13.5. The quantitative estimate of drug-likeness (QED) is 0.612. The lowest BCUT2D eigenvalue weighted by Crippen LogP contribution is -2.05. The molecule has 0 aliphatic heterocycles. The van der Waals surface area contributed by atoms with Crippen LogP contribution in [0.5, 0.6) is 0 Å². The Balaban J connectivity index is 1.99. The van der Waals surface area contributed by atoms with Gasteiger partial charge in [-0.3, -0.25) is 0 Å². The molecule has 23 heavy (non-hydrogen) atoms. The molecule has 4 nitrogen and oxygen atoms in total. The van der Waals surface area contributed by atoms with Crippen LogP contribution >= 0.6 is 11.6 Å². The Hall–Kier alpha value is -2.07. The average Bonchev–Trinajstić information content (AvgIpc) is 2.91. The monoisotopic (exact) mass is 328 g/mol. The molecule has 0 aliphatic carbocycles. The fourth-order valence-corrected chi connectivity index (χ4v) is 2.80. The molecule has 0 aliphatic rings. The van der Waals surface area contributed by atoms with Gasteiger partial charge in [0.2, 0.25) is 0 Å². The molecule has 2 N–H and O–H groups in total. The summed E-state index contributed by atoms with van der Waals surface area (Å²) >= 11 is 6.10. The third-order valence-electron chi connectivity index (χ3n) is 3.78. The number of aryl methyl sites for hydroxylation is 1. The van der Waals surface area contributed by atoms with Crippen molar-refractivity contribution >= 4 is 28.5 Å². The first kappa shape index (κ1) is 15.8. The zero-order valence-corrected chi connectivity index (χ0v) is 14.2. The number of benzene rings is 1. The molecule has 0 amide bonds. The second-order valence-electron chi connectivity index (χ2n) is 5.75. The van der Waals surface area contributed by atoms with E-state index in [2.05, 4.69) is 28.3 Å². The summed E-state index contributed by atoms with van der Waals surface area (Å²) in [7, 11) is 0. The van der Waals surface area contributed by atoms with E-state index in [-0.39, 0.29) is 0 Å². The van der Waals surface area contributed by atoms with E-state index in [1.165, 1.54) is 12.8 Å². The van der Waals surface area contributed by atoms with Crippen molar-refractivity contribution in [3.05, 3.63) is 41.0 Å². The number of hydrogen-bond donors (Lipinski definition) is 2. The number of aromatic nitrogens is 3. The molecule has 3 aromatic rings. The standard InChI is InChI=1S/C18H21ClN4/c1-3-4-5-9-20-17-15-10-12(2)21-18(15)23-16(22-17)13-7-6-8-14(19)11-13/h6-8,10-11H,3-5,9H2,1-2H3,(H2,20,21,22,23). The molecule has 0 saturated carbocycles. The van der Waals surface area contributed by atoms with Crippen LogP contribution in [0.2, 0.25) is 5.02 Å². The highest BCUT2D eigenvalue weighted by Crippen LogP contribution is 2.26. The van der Waals surface area contributed by atoms with Gasteiger partial charge >= 0.3 is 0 Å². The van der Waals surface area contributed by atoms with E-state index in [9.17, 15) is 0 Å². The normalized spacial score (nSPS) is 11.1. The maximum Gasteiger partial charge on any atom is 0.163 e. The molecule has 3 rings (SSSR count). The smallest absolute Gasteiger partial charge is 0.163 e. The van der Waals surface area contributed by atoms with Crippen LogP contribution in [-0.4, -0.2) is 21.5 Å². The summed E-state index contributed by atoms with van der Waals surface area (Å²) in [6.45, 7) is 5.15. The molecule has 0 spiro atoms. The highest BCUT2D eigenvalue weighted by atomic mass is 35.5. The Morgan fingerprint density at radius 2 is 2.04 bits per heavy atom. The Bertz CT molecular complexity index is 810. The number of H-pyrrole nitrogens is 1. The molecule has 0 atom stereocenters. The number of aromatic amines is 1. The van der Waals surface area contributed by atoms with Crippen LogP contribution in [0.15, 0.2) is 30.3 Å². The van der Waals surface area contributed by atoms with E-state index in [0.29, 0.717) is 10.8 Å². The van der Waals surface area contributed by atoms with E-state index >= 15 is 0 Å². The molecule has 0 unspecified atom stereocenters. The maximum absolute atomic E-state index is 6.10. The SMILES string of the molecule is CCCCCNc1nc(-c2cccc(Cl)c2)nc2[nH]c(C)cc12. The largest absolute Gasteiger partial charge is 0.369 e. The van der Waals surface area contributed by atoms with Crippen LogP contribution in [-0.2, 0) is 0 Å². The van der Waals surface area contributed by atoms with Crippen LogP contribution in [0.25, 0.3) is 22.4 Å². The van der Waals surface area contributed by atoms with Gasteiger partial charge in [0.1, 0.15) is 11.5 Å². The first-order valence-corrected chi connectivity index (χ1v) is 8.42. The molecule has 2 heterocycles. The summed E-state index contributed by atoms with van der Waals surface area (Å²) < 4.78 is 0. The fraction of sp³-hybridized carbons (Fsp3) is 0.333. The van der Waals surface area contributed by atoms with Crippen molar-refractivity contribution in [3.8, 4) is 11.4 Å². The summed E-state index contributed by atoms with van der Waals surface area (Å²) in [5.41, 5.74) is 2.85. The molecule has 1 aromatic carbocycles. The van der Waals surface area contributed by atoms with E-state index in [4.69, 9.17) is 16.6 Å². The first-order chi connectivity index (χ1) is 11.2. The molecule has 5 heteroatoms. The van der Waals surface area contributed by atoms with Gasteiger partial charge in [0.05, 0.1) is 5.39 Å². The number of hydrogen-bond acceptors (Lipinski definition) is 3. The first-order valence-electron chi connectivity index (χ1n) is 8.04. The highest BCUT2D eigenvalue weighted by Gasteiger charge is 2.11. The minimum Gasteiger partial charge on any atom is -0.369 e. The molecular formula is C18H21ClN4. The highest BCUT2D eigenvalue weighted by molar-refractivity contribution is 6.30. The lowest BCUT2D eigenvalue weighted by Gasteiger charge is -2.09. The number of nitrogens with one attached hydrogen (secondary N) is 2. The predicted molar refractivity (Wildman–Crippen MR) is 97.1 cm³/mol. The van der Waals surface area contributed by atoms with Crippen LogP contribution < -0.4 is 5.32 Å². The molecule has 0 radical (unpaired) electrons. The Morgan fingerprint density at radius 3 is 2.83 bits per heavy atom. The van der Waals surface area contributed by atoms with Crippen molar-refractivity contribution in [3.63, 3.8) is 0 Å². The van der Waals surface area contributed by atoms with Crippen molar-refractivity contribution in [2.45, 2.75) is 33.1 Å². The Labute approximate surface area is 141 Å². The van der Waals surface area contributed by atoms with Gasteiger partial charge in [-0.25, -0.2) is 9.97 Å². The van der Waals surface area contributed by atoms with Gasteiger partial charge < -0.3 is 10.3 Å². The molecule has 0 saturated heterocycles. The zero-order chi connectivity index (χ0) is 16.2. The second-order valence-corrected chi connectivity index (χ2v) is 6.19. The van der Waals surface area contributed by atoms with Gasteiger partial charge in [-0.2, -0.15) is 0 Å². The van der Waals surface area contributed by atoms with E-state index in [1.54, 1.807) is 0 Å². The third kappa shape index (κ3) is 3.64. The fourth-order valence-electron chi connectivity index (χ4n) is 2.61. The molecule has 120 valence electrons. The summed E-state index contributed by atoms with van der Waals surface area (Å²) in [5.74, 6) is 1.56. The number of nitrogens with zero attached hydrogens (tertiary/aromatic N) is 2. The van der Waals surface area contributed by atoms with Gasteiger partial charge in [0, 0.05) is 22.8 Å². The third-order valence-corrected chi connectivity index (χ3v) is 4.01. The molecule has 0 fully saturated rings. The minimum absolute atomic E-state index is 0.680. The van der Waals surface area contributed by atoms with Crippen LogP contribution in [0.1, 0.15) is 31.9 Å². The summed E-state index contributed by atoms with van der Waals surface area (Å²) in [6.07, 6.45) is 3.56. The topological polar surface area (TPSA) is 53.6 Å². The summed E-state index contributed by atoms with van der Waals surface area (Å²) in [6, 6.07) is 9.72. The predicted octanol–water partition coefficient (Wildman–Crippen LogP) is 5.19. The minimum atomic E-state index is 0.680. The number of fused-ring (bicyclic) bond motifs is 1. The Kier molecular flexibility index (Phi) is 4.82. The van der Waals surface area contributed by atoms with E-state index < -0.39 is 0 Å². The molecule has 2 aromatic heterocycles. The van der Waals surface area contributed by atoms with Crippen molar-refractivity contribution < 1.29 is 0 Å². The summed E-state index contributed by atoms with van der Waals surface area (Å²) in [4.78, 5) is 12.7. The van der Waals surface area contributed by atoms with Gasteiger partial charge in [-0.05, 0) is 31.5 Å². The van der Waals surface area contributed by atoms with E-state index in [0.717, 1.165) is 41.1 Å². The second kappa shape index (κ2) is 7.01. The maximum atomic E-state index is 6.10. The van der Waals surface area contributed by atoms with Crippen molar-refractivity contribution in [2.24, 2.45) is 0 Å². The van der Waals surface area contributed by atoms with Gasteiger partial charge in [0.25, 0.3) is 0 Å². The lowest BCUT2D eigenvalue weighted by molar-refractivity contribution is 0.743. The van der Waals surface area contributed by atoms with Crippen molar-refractivity contribution in [1.82, 2.24) is 15.0 Å². The number of anilines is 1. The number of rotatable bonds is 6. The van der Waals surface area contributed by atoms with Crippen molar-refractivity contribution in [1.29, 1.82) is 0 Å². The number of unbranched alkanes of at least 4 members (excludes halogenated alkanes) is 2. The van der Waals surface area contributed by atoms with Crippen LogP contribution in [0, 0.1) is 6.92 Å². The molecular weight excluding hydrogens is 308 g/mol.